The normalized spacial score (nSPS) is 11.8. The van der Waals surface area contributed by atoms with Gasteiger partial charge in [0.05, 0.1) is 0 Å². The van der Waals surface area contributed by atoms with E-state index in [0.717, 1.165) is 5.56 Å². The van der Waals surface area contributed by atoms with E-state index in [1.165, 1.54) is 5.56 Å². The number of hydrogen-bond donors (Lipinski definition) is 0. The lowest BCUT2D eigenvalue weighted by atomic mass is 9.84. The zero-order valence-electron chi connectivity index (χ0n) is 8.41. The summed E-state index contributed by atoms with van der Waals surface area (Å²) in [6, 6.07) is 3.55. The van der Waals surface area contributed by atoms with Crippen molar-refractivity contribution in [2.24, 2.45) is 0 Å². The summed E-state index contributed by atoms with van der Waals surface area (Å²) < 4.78 is 14.0. The lowest BCUT2D eigenvalue weighted by molar-refractivity contribution is 0.565. The lowest BCUT2D eigenvalue weighted by Gasteiger charge is -2.21. The monoisotopic (exact) mass is 292 g/mol. The van der Waals surface area contributed by atoms with Crippen LogP contribution in [0.5, 0.6) is 0 Å². The predicted octanol–water partition coefficient (Wildman–Crippen LogP) is 4.04. The molecule has 13 heavy (non-hydrogen) atoms. The molecule has 0 radical (unpaired) electrons. The van der Waals surface area contributed by atoms with Crippen molar-refractivity contribution in [1.82, 2.24) is 0 Å². The summed E-state index contributed by atoms with van der Waals surface area (Å²) in [5, 5.41) is 0. The Balaban J connectivity index is 3.32. The zero-order valence-corrected chi connectivity index (χ0v) is 10.6. The van der Waals surface area contributed by atoms with Gasteiger partial charge in [-0.15, -0.1) is 0 Å². The van der Waals surface area contributed by atoms with Crippen LogP contribution in [0, 0.1) is 16.3 Å². The summed E-state index contributed by atoms with van der Waals surface area (Å²) in [7, 11) is 0. The molecule has 0 bridgehead atoms. The Morgan fingerprint density at radius 2 is 1.77 bits per heavy atom. The topological polar surface area (TPSA) is 0 Å². The van der Waals surface area contributed by atoms with Crippen LogP contribution in [-0.4, -0.2) is 0 Å². The lowest BCUT2D eigenvalue weighted by Crippen LogP contribution is -2.13. The largest absolute Gasteiger partial charge is 0.206 e. The van der Waals surface area contributed by atoms with Gasteiger partial charge in [-0.3, -0.25) is 0 Å². The molecule has 0 nitrogen and oxygen atoms in total. The highest BCUT2D eigenvalue weighted by molar-refractivity contribution is 14.1. The van der Waals surface area contributed by atoms with Crippen LogP contribution in [0.1, 0.15) is 31.9 Å². The van der Waals surface area contributed by atoms with Gasteiger partial charge < -0.3 is 0 Å². The Bertz CT molecular complexity index is 324. The molecule has 0 amide bonds. The quantitative estimate of drug-likeness (QED) is 0.633. The molecule has 0 saturated heterocycles. The first-order valence-electron chi connectivity index (χ1n) is 4.28. The Hall–Kier alpha value is -0.120. The van der Waals surface area contributed by atoms with Gasteiger partial charge in [0.2, 0.25) is 0 Å². The maximum atomic E-state index is 13.3. The Morgan fingerprint density at radius 3 is 2.23 bits per heavy atom. The highest BCUT2D eigenvalue weighted by Gasteiger charge is 2.17. The second kappa shape index (κ2) is 3.56. The molecule has 1 aromatic carbocycles. The fourth-order valence-electron chi connectivity index (χ4n) is 1.45. The van der Waals surface area contributed by atoms with Crippen LogP contribution in [0.2, 0.25) is 0 Å². The van der Waals surface area contributed by atoms with E-state index < -0.39 is 0 Å². The van der Waals surface area contributed by atoms with Crippen molar-refractivity contribution >= 4 is 22.6 Å². The first kappa shape index (κ1) is 11.0. The van der Waals surface area contributed by atoms with E-state index in [4.69, 9.17) is 0 Å². The summed E-state index contributed by atoms with van der Waals surface area (Å²) in [6.45, 7) is 8.33. The van der Waals surface area contributed by atoms with Crippen LogP contribution < -0.4 is 0 Å². The second-order valence-corrected chi connectivity index (χ2v) is 5.49. The summed E-state index contributed by atoms with van der Waals surface area (Å²) in [5.74, 6) is -0.115. The summed E-state index contributed by atoms with van der Waals surface area (Å²) >= 11 is 2.02. The fraction of sp³-hybridized carbons (Fsp3) is 0.455. The van der Waals surface area contributed by atoms with Crippen molar-refractivity contribution in [3.05, 3.63) is 32.6 Å². The molecule has 0 N–H and O–H groups in total. The van der Waals surface area contributed by atoms with Gasteiger partial charge in [-0.1, -0.05) is 20.8 Å². The third-order valence-electron chi connectivity index (χ3n) is 2.08. The molecule has 0 saturated carbocycles. The number of hydrogen-bond acceptors (Lipinski definition) is 0. The third kappa shape index (κ3) is 2.42. The van der Waals surface area contributed by atoms with Crippen LogP contribution in [-0.2, 0) is 5.41 Å². The summed E-state index contributed by atoms with van der Waals surface area (Å²) in [6.07, 6.45) is 0. The Labute approximate surface area is 92.7 Å². The van der Waals surface area contributed by atoms with Crippen LogP contribution in [0.4, 0.5) is 4.39 Å². The zero-order chi connectivity index (χ0) is 10.2. The molecule has 0 atom stereocenters. The van der Waals surface area contributed by atoms with Gasteiger partial charge in [-0.2, -0.15) is 0 Å². The molecule has 0 fully saturated rings. The highest BCUT2D eigenvalue weighted by atomic mass is 127. The molecule has 0 aliphatic rings. The van der Waals surface area contributed by atoms with Crippen molar-refractivity contribution in [3.63, 3.8) is 0 Å². The maximum absolute atomic E-state index is 13.3. The van der Waals surface area contributed by atoms with Crippen LogP contribution in [0.3, 0.4) is 0 Å². The van der Waals surface area contributed by atoms with Crippen molar-refractivity contribution in [2.45, 2.75) is 33.1 Å². The summed E-state index contributed by atoms with van der Waals surface area (Å²) in [4.78, 5) is 0. The molecule has 2 heteroatoms. The molecule has 0 aliphatic heterocycles. The van der Waals surface area contributed by atoms with Gasteiger partial charge in [0.1, 0.15) is 5.82 Å². The highest BCUT2D eigenvalue weighted by Crippen LogP contribution is 2.28. The van der Waals surface area contributed by atoms with E-state index in [0.29, 0.717) is 3.57 Å². The molecule has 0 heterocycles. The SMILES string of the molecule is Cc1cc(I)c(F)cc1C(C)(C)C. The van der Waals surface area contributed by atoms with E-state index in [2.05, 4.69) is 20.8 Å². The summed E-state index contributed by atoms with van der Waals surface area (Å²) in [5.41, 5.74) is 2.28. The molecule has 1 rings (SSSR count). The number of benzene rings is 1. The van der Waals surface area contributed by atoms with Gasteiger partial charge in [-0.25, -0.2) is 4.39 Å². The van der Waals surface area contributed by atoms with Gasteiger partial charge >= 0.3 is 0 Å². The van der Waals surface area contributed by atoms with Crippen molar-refractivity contribution in [3.8, 4) is 0 Å². The molecule has 72 valence electrons. The van der Waals surface area contributed by atoms with Gasteiger partial charge in [-0.05, 0) is 58.2 Å². The number of rotatable bonds is 0. The average Bonchev–Trinajstić information content (AvgIpc) is 1.94. The van der Waals surface area contributed by atoms with Gasteiger partial charge in [0.25, 0.3) is 0 Å². The first-order valence-corrected chi connectivity index (χ1v) is 5.36. The number of aryl methyl sites for hydroxylation is 1. The van der Waals surface area contributed by atoms with Crippen molar-refractivity contribution < 1.29 is 4.39 Å². The van der Waals surface area contributed by atoms with E-state index in [9.17, 15) is 4.39 Å². The van der Waals surface area contributed by atoms with Crippen LogP contribution >= 0.6 is 22.6 Å². The van der Waals surface area contributed by atoms with Crippen molar-refractivity contribution in [2.75, 3.05) is 0 Å². The Kier molecular flexibility index (Phi) is 3.00. The first-order chi connectivity index (χ1) is 5.82. The molecule has 0 spiro atoms. The van der Waals surface area contributed by atoms with E-state index in [1.807, 2.05) is 35.6 Å². The maximum Gasteiger partial charge on any atom is 0.136 e. The molecule has 0 aliphatic carbocycles. The minimum atomic E-state index is -0.115. The molecular formula is C11H14FI. The predicted molar refractivity (Wildman–Crippen MR) is 62.6 cm³/mol. The standard InChI is InChI=1S/C11H14FI/c1-7-5-10(13)9(12)6-8(7)11(2,3)4/h5-6H,1-4H3. The molecule has 1 aromatic rings. The molecule has 0 unspecified atom stereocenters. The van der Waals surface area contributed by atoms with E-state index >= 15 is 0 Å². The van der Waals surface area contributed by atoms with Gasteiger partial charge in [0.15, 0.2) is 0 Å². The van der Waals surface area contributed by atoms with E-state index in [1.54, 1.807) is 6.07 Å². The van der Waals surface area contributed by atoms with Crippen LogP contribution in [0.25, 0.3) is 0 Å². The smallest absolute Gasteiger partial charge is 0.136 e. The van der Waals surface area contributed by atoms with E-state index in [-0.39, 0.29) is 11.2 Å². The number of halogens is 2. The van der Waals surface area contributed by atoms with Crippen molar-refractivity contribution in [1.29, 1.82) is 0 Å². The minimum absolute atomic E-state index is 0.0231. The minimum Gasteiger partial charge on any atom is -0.206 e. The Morgan fingerprint density at radius 1 is 1.23 bits per heavy atom. The van der Waals surface area contributed by atoms with Gasteiger partial charge in [0, 0.05) is 3.57 Å². The van der Waals surface area contributed by atoms with Crippen LogP contribution in [0.15, 0.2) is 12.1 Å². The molecule has 0 aromatic heterocycles. The molecular weight excluding hydrogens is 278 g/mol. The third-order valence-corrected chi connectivity index (χ3v) is 2.90. The average molecular weight is 292 g/mol. The fourth-order valence-corrected chi connectivity index (χ4v) is 2.08. The second-order valence-electron chi connectivity index (χ2n) is 4.33.